The molecule has 0 radical (unpaired) electrons. The van der Waals surface area contributed by atoms with Crippen molar-refractivity contribution in [2.75, 3.05) is 6.61 Å². The van der Waals surface area contributed by atoms with Gasteiger partial charge in [-0.15, -0.1) is 0 Å². The van der Waals surface area contributed by atoms with E-state index in [1.165, 1.54) is 6.21 Å². The minimum atomic E-state index is -0.814. The summed E-state index contributed by atoms with van der Waals surface area (Å²) in [5, 5.41) is 7.99. The second-order valence-electron chi connectivity index (χ2n) is 7.94. The molecule has 0 fully saturated rings. The molecule has 1 heterocycles. The number of ether oxygens (including phenoxy) is 1. The lowest BCUT2D eigenvalue weighted by Crippen LogP contribution is -2.48. The van der Waals surface area contributed by atoms with Crippen LogP contribution in [0.2, 0.25) is 5.02 Å². The van der Waals surface area contributed by atoms with Crippen LogP contribution in [-0.2, 0) is 20.9 Å². The van der Waals surface area contributed by atoms with Crippen LogP contribution in [0.1, 0.15) is 36.7 Å². The number of hydrazone groups is 1. The predicted molar refractivity (Wildman–Crippen MR) is 132 cm³/mol. The number of amides is 2. The van der Waals surface area contributed by atoms with Crippen LogP contribution in [0.15, 0.2) is 59.8 Å². The van der Waals surface area contributed by atoms with Crippen molar-refractivity contribution in [1.29, 1.82) is 0 Å². The molecule has 8 nitrogen and oxygen atoms in total. The number of benzene rings is 2. The fraction of sp³-hybridized carbons (Fsp3) is 0.280. The van der Waals surface area contributed by atoms with E-state index in [4.69, 9.17) is 16.3 Å². The number of carbonyl (C=O) groups is 3. The number of nitrogens with zero attached hydrogens (tertiary/aromatic N) is 2. The van der Waals surface area contributed by atoms with Gasteiger partial charge < -0.3 is 14.6 Å². The lowest BCUT2D eigenvalue weighted by molar-refractivity contribution is -0.143. The molecule has 0 aliphatic heterocycles. The number of rotatable bonds is 9. The molecule has 3 rings (SSSR count). The normalized spacial score (nSPS) is 12.1. The van der Waals surface area contributed by atoms with Gasteiger partial charge in [-0.2, -0.15) is 5.10 Å². The second kappa shape index (κ2) is 11.5. The summed E-state index contributed by atoms with van der Waals surface area (Å²) >= 11 is 6.10. The Balaban J connectivity index is 1.73. The molecular formula is C25H27ClN4O4. The third kappa shape index (κ3) is 6.02. The zero-order chi connectivity index (χ0) is 24.7. The summed E-state index contributed by atoms with van der Waals surface area (Å²) in [6.07, 6.45) is 3.28. The molecule has 0 aliphatic carbocycles. The summed E-state index contributed by atoms with van der Waals surface area (Å²) in [5.41, 5.74) is 4.36. The van der Waals surface area contributed by atoms with E-state index in [9.17, 15) is 14.4 Å². The first-order valence-electron chi connectivity index (χ1n) is 10.9. The average Bonchev–Trinajstić information content (AvgIpc) is 3.14. The number of hydrogen-bond donors (Lipinski definition) is 2. The van der Waals surface area contributed by atoms with Crippen molar-refractivity contribution in [3.8, 4) is 0 Å². The van der Waals surface area contributed by atoms with Gasteiger partial charge in [0.15, 0.2) is 0 Å². The molecule has 0 saturated heterocycles. The maximum atomic E-state index is 12.8. The molecule has 34 heavy (non-hydrogen) atoms. The van der Waals surface area contributed by atoms with Gasteiger partial charge >= 0.3 is 5.97 Å². The van der Waals surface area contributed by atoms with Crippen molar-refractivity contribution >= 4 is 46.5 Å². The number of fused-ring (bicyclic) bond motifs is 1. The fourth-order valence-corrected chi connectivity index (χ4v) is 3.71. The summed E-state index contributed by atoms with van der Waals surface area (Å²) < 4.78 is 6.82. The van der Waals surface area contributed by atoms with Gasteiger partial charge in [-0.05, 0) is 31.0 Å². The molecule has 9 heteroatoms. The minimum absolute atomic E-state index is 0.0675. The highest BCUT2D eigenvalue weighted by atomic mass is 35.5. The largest absolute Gasteiger partial charge is 0.465 e. The number of carbonyl (C=O) groups excluding carboxylic acids is 3. The Morgan fingerprint density at radius 1 is 1.12 bits per heavy atom. The first-order chi connectivity index (χ1) is 16.3. The second-order valence-corrected chi connectivity index (χ2v) is 8.35. The first kappa shape index (κ1) is 25.0. The summed E-state index contributed by atoms with van der Waals surface area (Å²) in [5.74, 6) is -1.42. The number of hydrogen-bond acceptors (Lipinski definition) is 5. The molecule has 0 aliphatic rings. The van der Waals surface area contributed by atoms with Crippen molar-refractivity contribution in [2.24, 2.45) is 11.0 Å². The molecule has 178 valence electrons. The molecule has 0 spiro atoms. The Bertz CT molecular complexity index is 1220. The van der Waals surface area contributed by atoms with Crippen LogP contribution in [0.25, 0.3) is 10.9 Å². The van der Waals surface area contributed by atoms with Gasteiger partial charge in [-0.3, -0.25) is 14.4 Å². The predicted octanol–water partition coefficient (Wildman–Crippen LogP) is 3.76. The van der Waals surface area contributed by atoms with Crippen LogP contribution in [0.5, 0.6) is 0 Å². The highest BCUT2D eigenvalue weighted by molar-refractivity contribution is 6.33. The van der Waals surface area contributed by atoms with Gasteiger partial charge in [-0.25, -0.2) is 5.43 Å². The molecule has 1 atom stereocenters. The third-order valence-electron chi connectivity index (χ3n) is 5.16. The Morgan fingerprint density at radius 3 is 2.53 bits per heavy atom. The smallest absolute Gasteiger partial charge is 0.325 e. The number of halogens is 1. The van der Waals surface area contributed by atoms with E-state index >= 15 is 0 Å². The maximum absolute atomic E-state index is 12.8. The van der Waals surface area contributed by atoms with Crippen LogP contribution in [0.3, 0.4) is 0 Å². The third-order valence-corrected chi connectivity index (χ3v) is 5.49. The maximum Gasteiger partial charge on any atom is 0.325 e. The average molecular weight is 483 g/mol. The summed E-state index contributed by atoms with van der Waals surface area (Å²) in [6.45, 7) is 5.78. The molecule has 2 aromatic carbocycles. The first-order valence-corrected chi connectivity index (χ1v) is 11.3. The molecule has 2 N–H and O–H groups in total. The molecular weight excluding hydrogens is 456 g/mol. The molecule has 0 saturated carbocycles. The van der Waals surface area contributed by atoms with Crippen molar-refractivity contribution in [1.82, 2.24) is 15.3 Å². The zero-order valence-corrected chi connectivity index (χ0v) is 20.0. The van der Waals surface area contributed by atoms with E-state index < -0.39 is 17.9 Å². The van der Waals surface area contributed by atoms with Crippen molar-refractivity contribution < 1.29 is 19.1 Å². The van der Waals surface area contributed by atoms with Gasteiger partial charge in [0.05, 0.1) is 23.4 Å². The van der Waals surface area contributed by atoms with E-state index in [0.717, 1.165) is 16.5 Å². The molecule has 1 unspecified atom stereocenters. The Hall–Kier alpha value is -3.65. The van der Waals surface area contributed by atoms with Crippen LogP contribution in [0, 0.1) is 5.92 Å². The zero-order valence-electron chi connectivity index (χ0n) is 19.2. The monoisotopic (exact) mass is 482 g/mol. The van der Waals surface area contributed by atoms with Gasteiger partial charge in [0, 0.05) is 22.7 Å². The summed E-state index contributed by atoms with van der Waals surface area (Å²) in [6, 6.07) is 13.4. The van der Waals surface area contributed by atoms with E-state index in [1.54, 1.807) is 42.0 Å². The van der Waals surface area contributed by atoms with E-state index in [-0.39, 0.29) is 18.4 Å². The lowest BCUT2D eigenvalue weighted by atomic mass is 10.0. The Labute approximate surface area is 202 Å². The number of esters is 1. The topological polar surface area (TPSA) is 102 Å². The summed E-state index contributed by atoms with van der Waals surface area (Å²) in [4.78, 5) is 37.3. The van der Waals surface area contributed by atoms with E-state index in [2.05, 4.69) is 15.8 Å². The van der Waals surface area contributed by atoms with Crippen LogP contribution < -0.4 is 10.7 Å². The lowest BCUT2D eigenvalue weighted by Gasteiger charge is -2.20. The molecule has 3 aromatic rings. The van der Waals surface area contributed by atoms with Crippen molar-refractivity contribution in [3.63, 3.8) is 0 Å². The van der Waals surface area contributed by atoms with Gasteiger partial charge in [0.1, 0.15) is 12.6 Å². The highest BCUT2D eigenvalue weighted by Crippen LogP contribution is 2.20. The molecule has 0 bridgehead atoms. The van der Waals surface area contributed by atoms with Gasteiger partial charge in [0.2, 0.25) is 0 Å². The molecule has 1 aromatic heterocycles. The van der Waals surface area contributed by atoms with E-state index in [0.29, 0.717) is 17.2 Å². The SMILES string of the molecule is CCOC(=O)Cn1cc(C=NNC(=O)C(NC(=O)c2ccccc2Cl)C(C)C)c2ccccc21. The molecule has 2 amide bonds. The number of nitrogens with one attached hydrogen (secondary N) is 2. The Kier molecular flexibility index (Phi) is 8.43. The Morgan fingerprint density at radius 2 is 1.82 bits per heavy atom. The standard InChI is InChI=1S/C25H27ClN4O4/c1-4-34-22(31)15-30-14-17(18-9-6-8-12-21(18)30)13-27-29-25(33)23(16(2)3)28-24(32)19-10-5-7-11-20(19)26/h5-14,16,23H,4,15H2,1-3H3,(H,28,32)(H,29,33). The van der Waals surface area contributed by atoms with Gasteiger partial charge in [-0.1, -0.05) is 55.8 Å². The number of aromatic nitrogens is 1. The minimum Gasteiger partial charge on any atom is -0.465 e. The summed E-state index contributed by atoms with van der Waals surface area (Å²) in [7, 11) is 0. The quantitative estimate of drug-likeness (QED) is 0.275. The van der Waals surface area contributed by atoms with Crippen LogP contribution >= 0.6 is 11.6 Å². The van der Waals surface area contributed by atoms with Crippen molar-refractivity contribution in [3.05, 3.63) is 70.9 Å². The van der Waals surface area contributed by atoms with Crippen molar-refractivity contribution in [2.45, 2.75) is 33.4 Å². The van der Waals surface area contributed by atoms with Crippen LogP contribution in [0.4, 0.5) is 0 Å². The van der Waals surface area contributed by atoms with E-state index in [1.807, 2.05) is 38.1 Å². The van der Waals surface area contributed by atoms with Gasteiger partial charge in [0.25, 0.3) is 11.8 Å². The fourth-order valence-electron chi connectivity index (χ4n) is 3.49. The van der Waals surface area contributed by atoms with Crippen LogP contribution in [-0.4, -0.2) is 41.2 Å². The number of para-hydroxylation sites is 1. The highest BCUT2D eigenvalue weighted by Gasteiger charge is 2.25.